The van der Waals surface area contributed by atoms with Crippen molar-refractivity contribution in [2.45, 2.75) is 270 Å². The molecule has 0 heterocycles. The molecular formula is C57H109N2O6P. The highest BCUT2D eigenvalue weighted by Crippen LogP contribution is 2.38. The van der Waals surface area contributed by atoms with E-state index in [0.29, 0.717) is 17.4 Å². The third kappa shape index (κ3) is 50.3. The summed E-state index contributed by atoms with van der Waals surface area (Å²) < 4.78 is 23.2. The average molecular weight is 949 g/mol. The van der Waals surface area contributed by atoms with Gasteiger partial charge in [0.2, 0.25) is 5.91 Å². The molecule has 0 saturated carbocycles. The van der Waals surface area contributed by atoms with Crippen LogP contribution in [0.5, 0.6) is 0 Å². The number of hydrogen-bond donors (Lipinski definition) is 2. The molecule has 0 saturated heterocycles. The topological polar surface area (TPSA) is 108 Å². The number of phosphoric ester groups is 1. The van der Waals surface area contributed by atoms with Crippen LogP contribution in [0.2, 0.25) is 0 Å². The van der Waals surface area contributed by atoms with Crippen LogP contribution in [0.4, 0.5) is 0 Å². The van der Waals surface area contributed by atoms with E-state index in [1.807, 2.05) is 27.2 Å². The number of phosphoric acid groups is 1. The fourth-order valence-corrected chi connectivity index (χ4v) is 8.79. The zero-order valence-corrected chi connectivity index (χ0v) is 45.0. The normalized spacial score (nSPS) is 14.3. The highest BCUT2D eigenvalue weighted by molar-refractivity contribution is 7.45. The number of nitrogens with one attached hydrogen (secondary N) is 1. The molecule has 0 fully saturated rings. The zero-order chi connectivity index (χ0) is 48.5. The molecule has 0 aromatic rings. The number of hydrogen-bond acceptors (Lipinski definition) is 6. The Morgan fingerprint density at radius 3 is 1.24 bits per heavy atom. The highest BCUT2D eigenvalue weighted by Gasteiger charge is 2.23. The molecule has 0 bridgehead atoms. The van der Waals surface area contributed by atoms with Gasteiger partial charge in [0.1, 0.15) is 13.2 Å². The van der Waals surface area contributed by atoms with Crippen LogP contribution in [0.3, 0.4) is 0 Å². The fraction of sp³-hybridized carbons (Fsp3) is 0.842. The number of unbranched alkanes of at least 4 members (excludes halogenated alkanes) is 32. The van der Waals surface area contributed by atoms with E-state index in [0.717, 1.165) is 64.2 Å². The van der Waals surface area contributed by atoms with Crippen molar-refractivity contribution in [3.05, 3.63) is 48.6 Å². The second kappa shape index (κ2) is 48.5. The summed E-state index contributed by atoms with van der Waals surface area (Å²) in [5.41, 5.74) is 0. The molecule has 8 nitrogen and oxygen atoms in total. The van der Waals surface area contributed by atoms with Crippen LogP contribution >= 0.6 is 7.82 Å². The molecule has 2 N–H and O–H groups in total. The van der Waals surface area contributed by atoms with Gasteiger partial charge in [0, 0.05) is 6.42 Å². The molecule has 3 unspecified atom stereocenters. The summed E-state index contributed by atoms with van der Waals surface area (Å²) >= 11 is 0. The van der Waals surface area contributed by atoms with Crippen molar-refractivity contribution in [1.82, 2.24) is 5.32 Å². The molecule has 388 valence electrons. The predicted octanol–water partition coefficient (Wildman–Crippen LogP) is 16.1. The third-order valence-corrected chi connectivity index (χ3v) is 13.5. The molecule has 1 amide bonds. The standard InChI is InChI=1S/C57H109N2O6P/c1-6-8-10-12-14-16-18-20-21-22-23-24-25-26-27-28-29-30-31-32-33-34-35-36-37-39-40-42-44-46-48-50-56(60)55(54-65-66(62,63)64-53-52-59(3,4)5)58-57(61)51-49-47-45-43-41-38-19-17-15-13-11-9-7-2/h17,19,35-36,40,42,48,50,55-56,60H,6-16,18,20-34,37-39,41,43-47,49,51-54H2,1-5H3,(H-,58,61,62,63)/b19-17-,36-35+,42-40+,50-48+. The van der Waals surface area contributed by atoms with Gasteiger partial charge in [-0.2, -0.15) is 0 Å². The van der Waals surface area contributed by atoms with Crippen LogP contribution in [0.1, 0.15) is 258 Å². The third-order valence-electron chi connectivity index (χ3n) is 12.5. The molecule has 0 spiro atoms. The molecular weight excluding hydrogens is 840 g/mol. The maximum absolute atomic E-state index is 12.9. The Bertz CT molecular complexity index is 1210. The number of allylic oxidation sites excluding steroid dienone is 7. The molecule has 0 aliphatic carbocycles. The first-order valence-electron chi connectivity index (χ1n) is 28.0. The van der Waals surface area contributed by atoms with E-state index in [-0.39, 0.29) is 12.5 Å². The number of rotatable bonds is 51. The Morgan fingerprint density at radius 2 is 0.848 bits per heavy atom. The number of quaternary nitrogens is 1. The van der Waals surface area contributed by atoms with Gasteiger partial charge in [-0.25, -0.2) is 0 Å². The first-order chi connectivity index (χ1) is 32.0. The lowest BCUT2D eigenvalue weighted by molar-refractivity contribution is -0.870. The molecule has 3 atom stereocenters. The minimum absolute atomic E-state index is 0.0113. The van der Waals surface area contributed by atoms with Gasteiger partial charge in [-0.3, -0.25) is 9.36 Å². The number of carbonyl (C=O) groups is 1. The van der Waals surface area contributed by atoms with Gasteiger partial charge in [0.05, 0.1) is 39.9 Å². The Morgan fingerprint density at radius 1 is 0.515 bits per heavy atom. The second-order valence-corrected chi connectivity index (χ2v) is 21.7. The van der Waals surface area contributed by atoms with Crippen molar-refractivity contribution in [2.75, 3.05) is 40.9 Å². The minimum Gasteiger partial charge on any atom is -0.756 e. The summed E-state index contributed by atoms with van der Waals surface area (Å²) in [6, 6.07) is -0.914. The average Bonchev–Trinajstić information content (AvgIpc) is 3.28. The first kappa shape index (κ1) is 64.5. The van der Waals surface area contributed by atoms with Crippen molar-refractivity contribution in [3.8, 4) is 0 Å². The predicted molar refractivity (Wildman–Crippen MR) is 284 cm³/mol. The van der Waals surface area contributed by atoms with Crippen LogP contribution in [0.25, 0.3) is 0 Å². The van der Waals surface area contributed by atoms with Gasteiger partial charge >= 0.3 is 0 Å². The van der Waals surface area contributed by atoms with Crippen molar-refractivity contribution >= 4 is 13.7 Å². The molecule has 0 aliphatic heterocycles. The quantitative estimate of drug-likeness (QED) is 0.0272. The molecule has 0 aromatic carbocycles. The number of aliphatic hydroxyl groups excluding tert-OH is 1. The van der Waals surface area contributed by atoms with Crippen molar-refractivity contribution in [2.24, 2.45) is 0 Å². The van der Waals surface area contributed by atoms with Crippen LogP contribution in [0.15, 0.2) is 48.6 Å². The molecule has 66 heavy (non-hydrogen) atoms. The van der Waals surface area contributed by atoms with Crippen LogP contribution in [-0.4, -0.2) is 68.5 Å². The zero-order valence-electron chi connectivity index (χ0n) is 44.1. The SMILES string of the molecule is CCCCCC/C=C\CCCCCCCC(=O)NC(COP(=O)([O-])OCC[N+](C)(C)C)C(O)/C=C/CC/C=C/CC/C=C/CCCCCCCCCCCCCCCCCCCCCCC. The Balaban J connectivity index is 4.19. The number of amides is 1. The number of nitrogens with zero attached hydrogens (tertiary/aromatic N) is 1. The van der Waals surface area contributed by atoms with E-state index >= 15 is 0 Å². The van der Waals surface area contributed by atoms with Crippen LogP contribution in [0, 0.1) is 0 Å². The van der Waals surface area contributed by atoms with Crippen LogP contribution < -0.4 is 10.2 Å². The fourth-order valence-electron chi connectivity index (χ4n) is 8.06. The van der Waals surface area contributed by atoms with Gasteiger partial charge in [0.15, 0.2) is 0 Å². The highest BCUT2D eigenvalue weighted by atomic mass is 31.2. The van der Waals surface area contributed by atoms with Gasteiger partial charge in [0.25, 0.3) is 7.82 Å². The first-order valence-corrected chi connectivity index (χ1v) is 29.5. The van der Waals surface area contributed by atoms with E-state index in [9.17, 15) is 19.4 Å². The summed E-state index contributed by atoms with van der Waals surface area (Å²) in [7, 11) is 1.23. The van der Waals surface area contributed by atoms with Crippen molar-refractivity contribution < 1.29 is 32.9 Å². The lowest BCUT2D eigenvalue weighted by atomic mass is 10.0. The largest absolute Gasteiger partial charge is 0.756 e. The smallest absolute Gasteiger partial charge is 0.268 e. The number of aliphatic hydroxyl groups is 1. The number of likely N-dealkylation sites (N-methyl/N-ethyl adjacent to an activating group) is 1. The Labute approximate surface area is 409 Å². The lowest BCUT2D eigenvalue weighted by Crippen LogP contribution is -2.45. The van der Waals surface area contributed by atoms with Gasteiger partial charge in [-0.1, -0.05) is 229 Å². The van der Waals surface area contributed by atoms with Crippen LogP contribution in [-0.2, 0) is 18.4 Å². The minimum atomic E-state index is -4.61. The van der Waals surface area contributed by atoms with E-state index < -0.39 is 26.6 Å². The number of carbonyl (C=O) groups excluding carboxylic acids is 1. The molecule has 0 rings (SSSR count). The van der Waals surface area contributed by atoms with Crippen molar-refractivity contribution in [3.63, 3.8) is 0 Å². The molecule has 9 heteroatoms. The van der Waals surface area contributed by atoms with Gasteiger partial charge in [-0.05, 0) is 70.6 Å². The summed E-state index contributed by atoms with van der Waals surface area (Å²) in [4.78, 5) is 25.4. The summed E-state index contributed by atoms with van der Waals surface area (Å²) in [5, 5.41) is 13.8. The van der Waals surface area contributed by atoms with E-state index in [1.165, 1.54) is 173 Å². The Hall–Kier alpha value is -1.54. The maximum atomic E-state index is 12.9. The summed E-state index contributed by atoms with van der Waals surface area (Å²) in [6.07, 6.45) is 63.5. The lowest BCUT2D eigenvalue weighted by Gasteiger charge is -2.29. The summed E-state index contributed by atoms with van der Waals surface area (Å²) in [6.45, 7) is 4.61. The van der Waals surface area contributed by atoms with E-state index in [1.54, 1.807) is 6.08 Å². The summed E-state index contributed by atoms with van der Waals surface area (Å²) in [5.74, 6) is -0.221. The Kier molecular flexibility index (Phi) is 47.4. The van der Waals surface area contributed by atoms with E-state index in [2.05, 4.69) is 55.6 Å². The molecule has 0 aromatic heterocycles. The maximum Gasteiger partial charge on any atom is 0.268 e. The van der Waals surface area contributed by atoms with Gasteiger partial charge in [-0.15, -0.1) is 0 Å². The molecule has 0 radical (unpaired) electrons. The molecule has 0 aliphatic rings. The second-order valence-electron chi connectivity index (χ2n) is 20.3. The monoisotopic (exact) mass is 949 g/mol. The van der Waals surface area contributed by atoms with Gasteiger partial charge < -0.3 is 28.8 Å². The van der Waals surface area contributed by atoms with Crippen molar-refractivity contribution in [1.29, 1.82) is 0 Å². The van der Waals surface area contributed by atoms with E-state index in [4.69, 9.17) is 9.05 Å².